The summed E-state index contributed by atoms with van der Waals surface area (Å²) in [5.74, 6) is -0.885. The van der Waals surface area contributed by atoms with Crippen LogP contribution in [0, 0.1) is 5.92 Å². The number of esters is 1. The minimum absolute atomic E-state index is 0.0348. The lowest BCUT2D eigenvalue weighted by molar-refractivity contribution is -0.142. The molecule has 0 spiro atoms. The summed E-state index contributed by atoms with van der Waals surface area (Å²) in [6, 6.07) is 3.45. The molecule has 7 nitrogen and oxygen atoms in total. The number of hydrogen-bond donors (Lipinski definition) is 3. The van der Waals surface area contributed by atoms with Crippen LogP contribution in [-0.2, 0) is 20.3 Å². The van der Waals surface area contributed by atoms with Gasteiger partial charge in [-0.1, -0.05) is 43.6 Å². The molecular formula is C24H35O7P. The molecule has 3 N–H and O–H groups in total. The first-order valence-corrected chi connectivity index (χ1v) is 12.6. The summed E-state index contributed by atoms with van der Waals surface area (Å²) in [6.07, 6.45) is 6.11. The van der Waals surface area contributed by atoms with Crippen molar-refractivity contribution in [2.24, 2.45) is 5.92 Å². The number of benzene rings is 1. The number of phenols is 1. The van der Waals surface area contributed by atoms with Crippen molar-refractivity contribution in [3.05, 3.63) is 47.1 Å². The number of hydrogen-bond acceptors (Lipinski definition) is 5. The highest BCUT2D eigenvalue weighted by atomic mass is 31.2. The number of phenolic OH excluding ortho intramolecular Hbond substituents is 1. The molecule has 1 aromatic carbocycles. The van der Waals surface area contributed by atoms with Gasteiger partial charge in [0.2, 0.25) is 0 Å². The first-order valence-electron chi connectivity index (χ1n) is 11.1. The summed E-state index contributed by atoms with van der Waals surface area (Å²) in [5, 5.41) is 11.0. The van der Waals surface area contributed by atoms with Crippen LogP contribution in [0.4, 0.5) is 0 Å². The molecule has 178 valence electrons. The van der Waals surface area contributed by atoms with Crippen LogP contribution in [0.15, 0.2) is 35.9 Å². The SMILES string of the molecule is C=C(C)[C@@H]1CCC(C)=C[C@H]1c1c(O)cc(CCCCC)cc1OC(=O)C(C)OP(=O)(O)O. The first-order chi connectivity index (χ1) is 14.9. The van der Waals surface area contributed by atoms with Crippen LogP contribution in [-0.4, -0.2) is 27.0 Å². The quantitative estimate of drug-likeness (QED) is 0.136. The maximum atomic E-state index is 12.6. The van der Waals surface area contributed by atoms with Gasteiger partial charge in [-0.15, -0.1) is 0 Å². The second-order valence-electron chi connectivity index (χ2n) is 8.67. The first kappa shape index (κ1) is 26.3. The van der Waals surface area contributed by atoms with Gasteiger partial charge in [0, 0.05) is 11.5 Å². The Hall–Kier alpha value is -1.92. The molecule has 0 radical (unpaired) electrons. The van der Waals surface area contributed by atoms with E-state index in [1.165, 1.54) is 12.5 Å². The molecule has 0 bridgehead atoms. The third kappa shape index (κ3) is 7.31. The molecule has 3 atom stereocenters. The molecule has 1 unspecified atom stereocenters. The van der Waals surface area contributed by atoms with Crippen LogP contribution in [0.5, 0.6) is 11.5 Å². The zero-order chi connectivity index (χ0) is 24.1. The Morgan fingerprint density at radius 3 is 2.59 bits per heavy atom. The van der Waals surface area contributed by atoms with Gasteiger partial charge in [-0.3, -0.25) is 4.52 Å². The molecule has 8 heteroatoms. The van der Waals surface area contributed by atoms with Crippen molar-refractivity contribution in [2.45, 2.75) is 78.2 Å². The Kier molecular flexibility index (Phi) is 9.28. The van der Waals surface area contributed by atoms with E-state index in [0.717, 1.165) is 43.2 Å². The highest BCUT2D eigenvalue weighted by Crippen LogP contribution is 2.47. The summed E-state index contributed by atoms with van der Waals surface area (Å²) in [5.41, 5.74) is 3.46. The molecule has 0 aromatic heterocycles. The van der Waals surface area contributed by atoms with E-state index in [0.29, 0.717) is 12.0 Å². The average Bonchev–Trinajstić information content (AvgIpc) is 2.66. The van der Waals surface area contributed by atoms with Crippen molar-refractivity contribution in [3.63, 3.8) is 0 Å². The van der Waals surface area contributed by atoms with Crippen molar-refractivity contribution in [1.29, 1.82) is 0 Å². The van der Waals surface area contributed by atoms with Crippen LogP contribution in [0.25, 0.3) is 0 Å². The topological polar surface area (TPSA) is 113 Å². The van der Waals surface area contributed by atoms with Crippen LogP contribution in [0.3, 0.4) is 0 Å². The Morgan fingerprint density at radius 1 is 1.31 bits per heavy atom. The Morgan fingerprint density at radius 2 is 2.00 bits per heavy atom. The van der Waals surface area contributed by atoms with Crippen molar-refractivity contribution in [2.75, 3.05) is 0 Å². The zero-order valence-electron chi connectivity index (χ0n) is 19.3. The number of aryl methyl sites for hydroxylation is 1. The Balaban J connectivity index is 2.49. The second kappa shape index (κ2) is 11.3. The predicted molar refractivity (Wildman–Crippen MR) is 124 cm³/mol. The molecule has 1 aliphatic carbocycles. The molecule has 1 aliphatic rings. The summed E-state index contributed by atoms with van der Waals surface area (Å²) in [6.45, 7) is 11.4. The minimum Gasteiger partial charge on any atom is -0.507 e. The van der Waals surface area contributed by atoms with E-state index in [4.69, 9.17) is 14.5 Å². The molecule has 0 saturated heterocycles. The van der Waals surface area contributed by atoms with E-state index >= 15 is 0 Å². The lowest BCUT2D eigenvalue weighted by Gasteiger charge is -2.32. The van der Waals surface area contributed by atoms with Crippen LogP contribution in [0.2, 0.25) is 0 Å². The fourth-order valence-electron chi connectivity index (χ4n) is 4.16. The van der Waals surface area contributed by atoms with Gasteiger partial charge in [-0.05, 0) is 70.1 Å². The fraction of sp³-hybridized carbons (Fsp3) is 0.542. The lowest BCUT2D eigenvalue weighted by Crippen LogP contribution is -2.26. The van der Waals surface area contributed by atoms with Crippen LogP contribution in [0.1, 0.15) is 76.8 Å². The molecule has 32 heavy (non-hydrogen) atoms. The highest BCUT2D eigenvalue weighted by Gasteiger charge is 2.33. The zero-order valence-corrected chi connectivity index (χ0v) is 20.2. The van der Waals surface area contributed by atoms with E-state index < -0.39 is 19.9 Å². The van der Waals surface area contributed by atoms with Gasteiger partial charge < -0.3 is 19.6 Å². The van der Waals surface area contributed by atoms with Crippen LogP contribution >= 0.6 is 7.82 Å². The number of carbonyl (C=O) groups is 1. The van der Waals surface area contributed by atoms with Crippen molar-refractivity contribution >= 4 is 13.8 Å². The van der Waals surface area contributed by atoms with Crippen molar-refractivity contribution in [1.82, 2.24) is 0 Å². The molecule has 0 saturated carbocycles. The number of phosphoric acid groups is 1. The van der Waals surface area contributed by atoms with Gasteiger partial charge in [0.1, 0.15) is 11.5 Å². The number of allylic oxidation sites excluding steroid dienone is 3. The van der Waals surface area contributed by atoms with E-state index in [1.807, 2.05) is 13.8 Å². The van der Waals surface area contributed by atoms with Crippen molar-refractivity contribution in [3.8, 4) is 11.5 Å². The predicted octanol–water partition coefficient (Wildman–Crippen LogP) is 5.54. The van der Waals surface area contributed by atoms with Gasteiger partial charge in [-0.2, -0.15) is 0 Å². The van der Waals surface area contributed by atoms with Gasteiger partial charge in [-0.25, -0.2) is 9.36 Å². The number of ether oxygens (including phenoxy) is 1. The summed E-state index contributed by atoms with van der Waals surface area (Å²) < 4.78 is 21.2. The van der Waals surface area contributed by atoms with Crippen molar-refractivity contribution < 1.29 is 33.5 Å². The number of phosphoric ester groups is 1. The van der Waals surface area contributed by atoms with Gasteiger partial charge in [0.25, 0.3) is 0 Å². The average molecular weight is 467 g/mol. The van der Waals surface area contributed by atoms with E-state index in [1.54, 1.807) is 12.1 Å². The molecule has 1 aromatic rings. The molecule has 0 amide bonds. The monoisotopic (exact) mass is 466 g/mol. The maximum absolute atomic E-state index is 12.6. The second-order valence-corrected chi connectivity index (χ2v) is 9.87. The number of aromatic hydroxyl groups is 1. The Bertz CT molecular complexity index is 915. The lowest BCUT2D eigenvalue weighted by atomic mass is 9.73. The van der Waals surface area contributed by atoms with E-state index in [-0.39, 0.29) is 23.3 Å². The third-order valence-electron chi connectivity index (χ3n) is 5.80. The minimum atomic E-state index is -4.86. The third-order valence-corrected chi connectivity index (χ3v) is 6.39. The van der Waals surface area contributed by atoms with E-state index in [9.17, 15) is 14.5 Å². The van der Waals surface area contributed by atoms with E-state index in [2.05, 4.69) is 24.1 Å². The number of rotatable bonds is 10. The highest BCUT2D eigenvalue weighted by molar-refractivity contribution is 7.46. The maximum Gasteiger partial charge on any atom is 0.470 e. The molecular weight excluding hydrogens is 431 g/mol. The summed E-state index contributed by atoms with van der Waals surface area (Å²) in [4.78, 5) is 30.6. The summed E-state index contributed by atoms with van der Waals surface area (Å²) >= 11 is 0. The Labute approximate surface area is 190 Å². The number of carbonyl (C=O) groups excluding carboxylic acids is 1. The molecule has 0 heterocycles. The standard InChI is InChI=1S/C24H35O7P/c1-6-7-8-9-18-13-21(25)23(20-12-16(4)10-11-19(20)15(2)3)22(14-18)30-24(26)17(5)31-32(27,28)29/h12-14,17,19-20,25H,2,6-11H2,1,3-5H3,(H2,27,28,29)/t17?,19-,20+/m0/s1. The molecule has 2 rings (SSSR count). The normalized spacial score (nSPS) is 19.9. The van der Waals surface area contributed by atoms with Gasteiger partial charge in [0.15, 0.2) is 6.10 Å². The smallest absolute Gasteiger partial charge is 0.470 e. The van der Waals surface area contributed by atoms with Gasteiger partial charge >= 0.3 is 13.8 Å². The largest absolute Gasteiger partial charge is 0.507 e. The van der Waals surface area contributed by atoms with Crippen LogP contribution < -0.4 is 4.74 Å². The summed E-state index contributed by atoms with van der Waals surface area (Å²) in [7, 11) is -4.86. The fourth-order valence-corrected chi connectivity index (χ4v) is 4.65. The van der Waals surface area contributed by atoms with Gasteiger partial charge in [0.05, 0.1) is 0 Å². The molecule has 0 fully saturated rings. The number of unbranched alkanes of at least 4 members (excludes halogenated alkanes) is 2. The molecule has 0 aliphatic heterocycles.